The van der Waals surface area contributed by atoms with Gasteiger partial charge in [-0.2, -0.15) is 5.26 Å². The highest BCUT2D eigenvalue weighted by Gasteiger charge is 2.23. The third-order valence-corrected chi connectivity index (χ3v) is 5.58. The molecule has 4 rings (SSSR count). The molecule has 1 amide bonds. The minimum absolute atomic E-state index is 0.0403. The highest BCUT2D eigenvalue weighted by molar-refractivity contribution is 6.01. The predicted molar refractivity (Wildman–Crippen MR) is 117 cm³/mol. The van der Waals surface area contributed by atoms with E-state index in [4.69, 9.17) is 14.2 Å². The zero-order valence-electron chi connectivity index (χ0n) is 17.6. The van der Waals surface area contributed by atoms with Gasteiger partial charge in [-0.15, -0.1) is 0 Å². The van der Waals surface area contributed by atoms with Crippen molar-refractivity contribution in [3.05, 3.63) is 59.2 Å². The summed E-state index contributed by atoms with van der Waals surface area (Å²) >= 11 is 0. The zero-order chi connectivity index (χ0) is 22.3. The van der Waals surface area contributed by atoms with E-state index >= 15 is 0 Å². The second kappa shape index (κ2) is 10.0. The Labute approximate surface area is 186 Å². The lowest BCUT2D eigenvalue weighted by molar-refractivity contribution is -0.140. The number of ether oxygens (including phenoxy) is 3. The molecule has 32 heavy (non-hydrogen) atoms. The summed E-state index contributed by atoms with van der Waals surface area (Å²) in [6.45, 7) is 0.426. The van der Waals surface area contributed by atoms with Crippen LogP contribution in [0.25, 0.3) is 6.08 Å². The van der Waals surface area contributed by atoms with E-state index in [2.05, 4.69) is 5.32 Å². The van der Waals surface area contributed by atoms with Gasteiger partial charge in [0.2, 0.25) is 6.79 Å². The molecule has 7 nitrogen and oxygen atoms in total. The van der Waals surface area contributed by atoms with Gasteiger partial charge in [-0.05, 0) is 54.3 Å². The molecule has 1 N–H and O–H groups in total. The van der Waals surface area contributed by atoms with Gasteiger partial charge in [0, 0.05) is 6.54 Å². The van der Waals surface area contributed by atoms with Gasteiger partial charge in [0.05, 0.1) is 5.92 Å². The molecule has 0 aromatic heterocycles. The summed E-state index contributed by atoms with van der Waals surface area (Å²) in [7, 11) is 0. The van der Waals surface area contributed by atoms with Gasteiger partial charge < -0.3 is 19.5 Å². The average Bonchev–Trinajstić information content (AvgIpc) is 3.30. The number of nitriles is 1. The molecule has 1 fully saturated rings. The van der Waals surface area contributed by atoms with Crippen molar-refractivity contribution in [1.29, 1.82) is 5.26 Å². The number of hydrogen-bond donors (Lipinski definition) is 1. The monoisotopic (exact) mass is 432 g/mol. The standard InChI is InChI=1S/C25H24N2O5/c26-14-20(24(28)27-15-18-9-10-22-23(13-18)31-16-30-22)11-17-5-4-8-21(12-17)32-25(29)19-6-2-1-3-7-19/h4-5,8-13,19H,1-3,6-7,15-16H2,(H,27,28). The molecule has 0 saturated heterocycles. The number of carbonyl (C=O) groups is 2. The fourth-order valence-corrected chi connectivity index (χ4v) is 3.85. The third kappa shape index (κ3) is 5.27. The maximum Gasteiger partial charge on any atom is 0.314 e. The fourth-order valence-electron chi connectivity index (χ4n) is 3.85. The molecule has 0 bridgehead atoms. The van der Waals surface area contributed by atoms with E-state index in [9.17, 15) is 14.9 Å². The first-order valence-corrected chi connectivity index (χ1v) is 10.7. The third-order valence-electron chi connectivity index (χ3n) is 5.58. The van der Waals surface area contributed by atoms with E-state index in [1.165, 1.54) is 6.08 Å². The topological polar surface area (TPSA) is 97.7 Å². The van der Waals surface area contributed by atoms with Crippen molar-refractivity contribution in [2.75, 3.05) is 6.79 Å². The highest BCUT2D eigenvalue weighted by atomic mass is 16.7. The first-order chi connectivity index (χ1) is 15.6. The molecule has 0 radical (unpaired) electrons. The number of nitrogens with one attached hydrogen (secondary N) is 1. The zero-order valence-corrected chi connectivity index (χ0v) is 17.6. The number of esters is 1. The van der Waals surface area contributed by atoms with E-state index < -0.39 is 5.91 Å². The summed E-state index contributed by atoms with van der Waals surface area (Å²) in [6.07, 6.45) is 6.47. The van der Waals surface area contributed by atoms with Crippen molar-refractivity contribution in [3.8, 4) is 23.3 Å². The quantitative estimate of drug-likeness (QED) is 0.319. The number of rotatable bonds is 6. The van der Waals surface area contributed by atoms with Crippen LogP contribution in [0.4, 0.5) is 0 Å². The largest absolute Gasteiger partial charge is 0.454 e. The smallest absolute Gasteiger partial charge is 0.314 e. The molecule has 0 spiro atoms. The van der Waals surface area contributed by atoms with Gasteiger partial charge in [-0.25, -0.2) is 0 Å². The fraction of sp³-hybridized carbons (Fsp3) is 0.320. The van der Waals surface area contributed by atoms with Gasteiger partial charge in [-0.3, -0.25) is 9.59 Å². The number of hydrogen-bond acceptors (Lipinski definition) is 6. The Hall–Kier alpha value is -3.79. The number of amides is 1. The van der Waals surface area contributed by atoms with E-state index in [0.29, 0.717) is 22.8 Å². The lowest BCUT2D eigenvalue weighted by atomic mass is 9.89. The van der Waals surface area contributed by atoms with Crippen LogP contribution >= 0.6 is 0 Å². The Kier molecular flexibility index (Phi) is 6.71. The highest BCUT2D eigenvalue weighted by Crippen LogP contribution is 2.32. The molecular formula is C25H24N2O5. The Balaban J connectivity index is 1.38. The molecule has 2 aliphatic rings. The number of carbonyl (C=O) groups excluding carboxylic acids is 2. The van der Waals surface area contributed by atoms with Crippen molar-refractivity contribution in [2.24, 2.45) is 5.92 Å². The summed E-state index contributed by atoms with van der Waals surface area (Å²) in [5, 5.41) is 12.2. The van der Waals surface area contributed by atoms with E-state index in [0.717, 1.165) is 37.7 Å². The summed E-state index contributed by atoms with van der Waals surface area (Å²) < 4.78 is 16.2. The minimum Gasteiger partial charge on any atom is -0.454 e. The summed E-state index contributed by atoms with van der Waals surface area (Å²) in [5.41, 5.74) is 1.40. The Morgan fingerprint density at radius 3 is 2.72 bits per heavy atom. The van der Waals surface area contributed by atoms with Crippen LogP contribution in [0.15, 0.2) is 48.0 Å². The molecule has 2 aromatic carbocycles. The molecule has 7 heteroatoms. The number of fused-ring (bicyclic) bond motifs is 1. The summed E-state index contributed by atoms with van der Waals surface area (Å²) in [5.74, 6) is 0.948. The molecule has 2 aromatic rings. The molecule has 0 unspecified atom stereocenters. The van der Waals surface area contributed by atoms with Gasteiger partial charge in [0.25, 0.3) is 5.91 Å². The van der Waals surface area contributed by atoms with Crippen LogP contribution in [-0.4, -0.2) is 18.7 Å². The molecule has 164 valence electrons. The first-order valence-electron chi connectivity index (χ1n) is 10.7. The Bertz CT molecular complexity index is 1080. The van der Waals surface area contributed by atoms with Crippen molar-refractivity contribution in [3.63, 3.8) is 0 Å². The van der Waals surface area contributed by atoms with Gasteiger partial charge in [0.1, 0.15) is 17.4 Å². The predicted octanol–water partition coefficient (Wildman–Crippen LogP) is 4.12. The maximum absolute atomic E-state index is 12.5. The van der Waals surface area contributed by atoms with Crippen LogP contribution in [0.3, 0.4) is 0 Å². The van der Waals surface area contributed by atoms with Crippen molar-refractivity contribution in [1.82, 2.24) is 5.32 Å². The molecule has 1 saturated carbocycles. The van der Waals surface area contributed by atoms with E-state index in [1.807, 2.05) is 12.1 Å². The summed E-state index contributed by atoms with van der Waals surface area (Å²) in [6, 6.07) is 14.2. The van der Waals surface area contributed by atoms with E-state index in [-0.39, 0.29) is 30.8 Å². The van der Waals surface area contributed by atoms with Gasteiger partial charge in [0.15, 0.2) is 11.5 Å². The van der Waals surface area contributed by atoms with Crippen LogP contribution < -0.4 is 19.5 Å². The molecule has 1 heterocycles. The lowest BCUT2D eigenvalue weighted by Gasteiger charge is -2.19. The molecule has 1 aliphatic carbocycles. The van der Waals surface area contributed by atoms with Crippen LogP contribution in [0, 0.1) is 17.2 Å². The Morgan fingerprint density at radius 1 is 1.09 bits per heavy atom. The Morgan fingerprint density at radius 2 is 1.91 bits per heavy atom. The lowest BCUT2D eigenvalue weighted by Crippen LogP contribution is -2.24. The first kappa shape index (κ1) is 21.4. The van der Waals surface area contributed by atoms with E-state index in [1.54, 1.807) is 36.4 Å². The average molecular weight is 432 g/mol. The SMILES string of the molecule is N#CC(=Cc1cccc(OC(=O)C2CCCCC2)c1)C(=O)NCc1ccc2c(c1)OCO2. The normalized spacial score (nSPS) is 15.7. The van der Waals surface area contributed by atoms with Crippen LogP contribution in [-0.2, 0) is 16.1 Å². The van der Waals surface area contributed by atoms with Crippen molar-refractivity contribution >= 4 is 18.0 Å². The van der Waals surface area contributed by atoms with Crippen LogP contribution in [0.5, 0.6) is 17.2 Å². The van der Waals surface area contributed by atoms with Crippen LogP contribution in [0.2, 0.25) is 0 Å². The minimum atomic E-state index is -0.491. The molecular weight excluding hydrogens is 408 g/mol. The molecule has 1 aliphatic heterocycles. The number of benzene rings is 2. The number of nitrogens with zero attached hydrogens (tertiary/aromatic N) is 1. The van der Waals surface area contributed by atoms with Gasteiger partial charge >= 0.3 is 5.97 Å². The van der Waals surface area contributed by atoms with Gasteiger partial charge in [-0.1, -0.05) is 37.5 Å². The maximum atomic E-state index is 12.5. The summed E-state index contributed by atoms with van der Waals surface area (Å²) in [4.78, 5) is 24.9. The molecule has 0 atom stereocenters. The second-order valence-electron chi connectivity index (χ2n) is 7.87. The van der Waals surface area contributed by atoms with Crippen molar-refractivity contribution < 1.29 is 23.8 Å². The van der Waals surface area contributed by atoms with Crippen molar-refractivity contribution in [2.45, 2.75) is 38.6 Å². The second-order valence-corrected chi connectivity index (χ2v) is 7.87. The van der Waals surface area contributed by atoms with Crippen LogP contribution in [0.1, 0.15) is 43.2 Å².